The molecule has 0 aliphatic heterocycles. The Morgan fingerprint density at radius 1 is 1.20 bits per heavy atom. The van der Waals surface area contributed by atoms with E-state index in [1.165, 1.54) is 5.56 Å². The van der Waals surface area contributed by atoms with Crippen LogP contribution >= 0.6 is 0 Å². The van der Waals surface area contributed by atoms with Crippen LogP contribution in [0.2, 0.25) is 0 Å². The summed E-state index contributed by atoms with van der Waals surface area (Å²) in [6, 6.07) is 10.2. The Labute approximate surface area is 91.8 Å². The maximum atomic E-state index is 9.03. The van der Waals surface area contributed by atoms with Gasteiger partial charge in [0.05, 0.1) is 6.10 Å². The van der Waals surface area contributed by atoms with Crippen LogP contribution in [0.5, 0.6) is 0 Å². The lowest BCUT2D eigenvalue weighted by molar-refractivity contribution is 0.186. The van der Waals surface area contributed by atoms with Crippen LogP contribution in [0.25, 0.3) is 6.08 Å². The van der Waals surface area contributed by atoms with Gasteiger partial charge in [-0.1, -0.05) is 54.6 Å². The van der Waals surface area contributed by atoms with E-state index in [0.717, 1.165) is 12.8 Å². The minimum absolute atomic E-state index is 0.201. The summed E-state index contributed by atoms with van der Waals surface area (Å²) in [5, 5.41) is 9.03. The van der Waals surface area contributed by atoms with Crippen molar-refractivity contribution < 1.29 is 5.11 Å². The van der Waals surface area contributed by atoms with E-state index in [0.29, 0.717) is 0 Å². The molecule has 0 aliphatic carbocycles. The first-order chi connectivity index (χ1) is 7.29. The van der Waals surface area contributed by atoms with Crippen molar-refractivity contribution in [3.63, 3.8) is 0 Å². The molecule has 80 valence electrons. The average molecular weight is 202 g/mol. The SMILES string of the molecule is CC(O)CC/C=C/C=C/c1ccccc1. The van der Waals surface area contributed by atoms with Crippen LogP contribution in [-0.2, 0) is 0 Å². The predicted octanol–water partition coefficient (Wildman–Crippen LogP) is 3.42. The zero-order valence-electron chi connectivity index (χ0n) is 9.13. The second-order valence-electron chi connectivity index (χ2n) is 3.62. The molecular formula is C14H18O. The molecule has 0 heterocycles. The standard InChI is InChI=1S/C14H18O/c1-13(15)9-5-2-3-6-10-14-11-7-4-8-12-14/h2-4,6-8,10-13,15H,5,9H2,1H3/b3-2+,10-6+. The molecule has 0 saturated heterocycles. The smallest absolute Gasteiger partial charge is 0.0515 e. The van der Waals surface area contributed by atoms with Gasteiger partial charge in [0.25, 0.3) is 0 Å². The minimum Gasteiger partial charge on any atom is -0.393 e. The average Bonchev–Trinajstić information content (AvgIpc) is 2.24. The summed E-state index contributed by atoms with van der Waals surface area (Å²) >= 11 is 0. The Kier molecular flexibility index (Phi) is 5.49. The highest BCUT2D eigenvalue weighted by Gasteiger charge is 1.89. The van der Waals surface area contributed by atoms with Gasteiger partial charge in [-0.25, -0.2) is 0 Å². The molecule has 1 aromatic carbocycles. The molecule has 0 radical (unpaired) electrons. The Morgan fingerprint density at radius 2 is 1.93 bits per heavy atom. The predicted molar refractivity (Wildman–Crippen MR) is 65.5 cm³/mol. The molecule has 1 rings (SSSR count). The minimum atomic E-state index is -0.201. The second-order valence-corrected chi connectivity index (χ2v) is 3.62. The maximum absolute atomic E-state index is 9.03. The van der Waals surface area contributed by atoms with Crippen molar-refractivity contribution in [3.05, 3.63) is 54.1 Å². The van der Waals surface area contributed by atoms with E-state index < -0.39 is 0 Å². The topological polar surface area (TPSA) is 20.2 Å². The number of aliphatic hydroxyl groups excluding tert-OH is 1. The number of hydrogen-bond acceptors (Lipinski definition) is 1. The van der Waals surface area contributed by atoms with Crippen LogP contribution in [-0.4, -0.2) is 11.2 Å². The van der Waals surface area contributed by atoms with Gasteiger partial charge in [-0.05, 0) is 25.3 Å². The lowest BCUT2D eigenvalue weighted by atomic mass is 10.2. The monoisotopic (exact) mass is 202 g/mol. The first-order valence-electron chi connectivity index (χ1n) is 5.35. The molecule has 0 spiro atoms. The van der Waals surface area contributed by atoms with E-state index >= 15 is 0 Å². The Balaban J connectivity index is 2.28. The molecule has 15 heavy (non-hydrogen) atoms. The van der Waals surface area contributed by atoms with E-state index in [1.807, 2.05) is 37.3 Å². The summed E-state index contributed by atoms with van der Waals surface area (Å²) < 4.78 is 0. The fourth-order valence-corrected chi connectivity index (χ4v) is 1.24. The summed E-state index contributed by atoms with van der Waals surface area (Å²) in [7, 11) is 0. The van der Waals surface area contributed by atoms with Gasteiger partial charge in [-0.15, -0.1) is 0 Å². The maximum Gasteiger partial charge on any atom is 0.0515 e. The molecule has 1 atom stereocenters. The van der Waals surface area contributed by atoms with Crippen molar-refractivity contribution in [2.45, 2.75) is 25.9 Å². The molecule has 1 nitrogen and oxygen atoms in total. The van der Waals surface area contributed by atoms with E-state index in [9.17, 15) is 0 Å². The summed E-state index contributed by atoms with van der Waals surface area (Å²) in [4.78, 5) is 0. The van der Waals surface area contributed by atoms with Crippen molar-refractivity contribution in [1.29, 1.82) is 0 Å². The summed E-state index contributed by atoms with van der Waals surface area (Å²) in [5.41, 5.74) is 1.21. The molecule has 0 aromatic heterocycles. The largest absolute Gasteiger partial charge is 0.393 e. The quantitative estimate of drug-likeness (QED) is 0.725. The number of hydrogen-bond donors (Lipinski definition) is 1. The van der Waals surface area contributed by atoms with Gasteiger partial charge in [0, 0.05) is 0 Å². The third-order valence-electron chi connectivity index (χ3n) is 2.09. The van der Waals surface area contributed by atoms with Gasteiger partial charge in [0.2, 0.25) is 0 Å². The van der Waals surface area contributed by atoms with Crippen LogP contribution < -0.4 is 0 Å². The van der Waals surface area contributed by atoms with Gasteiger partial charge >= 0.3 is 0 Å². The molecule has 0 saturated carbocycles. The summed E-state index contributed by atoms with van der Waals surface area (Å²) in [6.45, 7) is 1.81. The van der Waals surface area contributed by atoms with Crippen LogP contribution in [0.15, 0.2) is 48.6 Å². The molecule has 1 heteroatoms. The van der Waals surface area contributed by atoms with E-state index in [-0.39, 0.29) is 6.10 Å². The zero-order chi connectivity index (χ0) is 10.9. The van der Waals surface area contributed by atoms with Crippen LogP contribution in [0.3, 0.4) is 0 Å². The lowest BCUT2D eigenvalue weighted by Crippen LogP contribution is -1.96. The molecule has 0 aliphatic rings. The molecule has 1 unspecified atom stereocenters. The summed E-state index contributed by atoms with van der Waals surface area (Å²) in [5.74, 6) is 0. The fourth-order valence-electron chi connectivity index (χ4n) is 1.24. The van der Waals surface area contributed by atoms with Gasteiger partial charge in [-0.3, -0.25) is 0 Å². The number of aliphatic hydroxyl groups is 1. The zero-order valence-corrected chi connectivity index (χ0v) is 9.13. The van der Waals surface area contributed by atoms with Crippen molar-refractivity contribution in [2.75, 3.05) is 0 Å². The molecule has 1 aromatic rings. The number of allylic oxidation sites excluding steroid dienone is 3. The van der Waals surface area contributed by atoms with E-state index in [1.54, 1.807) is 0 Å². The Bertz CT molecular complexity index is 309. The molecule has 1 N–H and O–H groups in total. The van der Waals surface area contributed by atoms with Gasteiger partial charge < -0.3 is 5.11 Å². The van der Waals surface area contributed by atoms with Crippen molar-refractivity contribution in [1.82, 2.24) is 0 Å². The van der Waals surface area contributed by atoms with Crippen molar-refractivity contribution >= 4 is 6.08 Å². The third-order valence-corrected chi connectivity index (χ3v) is 2.09. The first-order valence-corrected chi connectivity index (χ1v) is 5.35. The molecule has 0 bridgehead atoms. The Hall–Kier alpha value is -1.34. The highest BCUT2D eigenvalue weighted by Crippen LogP contribution is 2.01. The highest BCUT2D eigenvalue weighted by atomic mass is 16.3. The molecule has 0 amide bonds. The van der Waals surface area contributed by atoms with Crippen LogP contribution in [0.1, 0.15) is 25.3 Å². The number of benzene rings is 1. The van der Waals surface area contributed by atoms with Crippen LogP contribution in [0.4, 0.5) is 0 Å². The van der Waals surface area contributed by atoms with Crippen molar-refractivity contribution in [3.8, 4) is 0 Å². The van der Waals surface area contributed by atoms with Crippen LogP contribution in [0, 0.1) is 0 Å². The molecule has 0 fully saturated rings. The van der Waals surface area contributed by atoms with E-state index in [4.69, 9.17) is 5.11 Å². The second kappa shape index (κ2) is 7.02. The highest BCUT2D eigenvalue weighted by molar-refractivity contribution is 5.50. The summed E-state index contributed by atoms with van der Waals surface area (Å²) in [6.07, 6.45) is 9.75. The Morgan fingerprint density at radius 3 is 2.60 bits per heavy atom. The van der Waals surface area contributed by atoms with Gasteiger partial charge in [0.1, 0.15) is 0 Å². The van der Waals surface area contributed by atoms with Gasteiger partial charge in [-0.2, -0.15) is 0 Å². The lowest BCUT2D eigenvalue weighted by Gasteiger charge is -1.97. The third kappa shape index (κ3) is 5.87. The first kappa shape index (κ1) is 11.7. The molecular weight excluding hydrogens is 184 g/mol. The number of rotatable bonds is 5. The normalized spacial score (nSPS) is 13.7. The van der Waals surface area contributed by atoms with E-state index in [2.05, 4.69) is 24.3 Å². The van der Waals surface area contributed by atoms with Crippen molar-refractivity contribution in [2.24, 2.45) is 0 Å². The van der Waals surface area contributed by atoms with Gasteiger partial charge in [0.15, 0.2) is 0 Å². The fraction of sp³-hybridized carbons (Fsp3) is 0.286.